The van der Waals surface area contributed by atoms with E-state index in [2.05, 4.69) is 59.3 Å². The molecule has 0 aliphatic carbocycles. The van der Waals surface area contributed by atoms with Gasteiger partial charge in [-0.15, -0.1) is 11.8 Å². The van der Waals surface area contributed by atoms with Crippen LogP contribution >= 0.6 is 11.8 Å². The molecule has 1 aromatic heterocycles. The SMILES string of the molecule is N#CCSc1cn(Cc2ccccc2)c2ccccc12. The number of nitriles is 1. The number of hydrogen-bond acceptors (Lipinski definition) is 2. The van der Waals surface area contributed by atoms with Gasteiger partial charge in [0.05, 0.1) is 11.8 Å². The van der Waals surface area contributed by atoms with E-state index in [0.717, 1.165) is 6.54 Å². The lowest BCUT2D eigenvalue weighted by atomic mass is 10.2. The van der Waals surface area contributed by atoms with Gasteiger partial charge < -0.3 is 4.57 Å². The monoisotopic (exact) mass is 278 g/mol. The zero-order valence-corrected chi connectivity index (χ0v) is 11.8. The topological polar surface area (TPSA) is 28.7 Å². The van der Waals surface area contributed by atoms with E-state index >= 15 is 0 Å². The molecule has 2 aromatic carbocycles. The average Bonchev–Trinajstić information content (AvgIpc) is 2.85. The van der Waals surface area contributed by atoms with Crippen molar-refractivity contribution in [3.05, 3.63) is 66.4 Å². The molecule has 0 spiro atoms. The van der Waals surface area contributed by atoms with Gasteiger partial charge in [0.2, 0.25) is 0 Å². The predicted molar refractivity (Wildman–Crippen MR) is 83.8 cm³/mol. The first-order valence-electron chi connectivity index (χ1n) is 6.50. The fourth-order valence-corrected chi connectivity index (χ4v) is 3.10. The van der Waals surface area contributed by atoms with E-state index in [1.54, 1.807) is 11.8 Å². The second-order valence-electron chi connectivity index (χ2n) is 4.57. The predicted octanol–water partition coefficient (Wildman–Crippen LogP) is 4.31. The Hall–Kier alpha value is -2.18. The Kier molecular flexibility index (Phi) is 3.76. The fourth-order valence-electron chi connectivity index (χ4n) is 2.35. The molecule has 0 aliphatic rings. The third-order valence-corrected chi connectivity index (χ3v) is 4.15. The quantitative estimate of drug-likeness (QED) is 0.665. The molecular formula is C17H14N2S. The highest BCUT2D eigenvalue weighted by molar-refractivity contribution is 7.99. The molecule has 0 amide bonds. The van der Waals surface area contributed by atoms with Crippen molar-refractivity contribution in [2.45, 2.75) is 11.4 Å². The molecule has 1 heterocycles. The highest BCUT2D eigenvalue weighted by Crippen LogP contribution is 2.30. The Labute approximate surface area is 122 Å². The molecule has 20 heavy (non-hydrogen) atoms. The van der Waals surface area contributed by atoms with E-state index in [9.17, 15) is 0 Å². The number of fused-ring (bicyclic) bond motifs is 1. The van der Waals surface area contributed by atoms with Gasteiger partial charge in [-0.2, -0.15) is 5.26 Å². The van der Waals surface area contributed by atoms with Crippen LogP contribution in [0.3, 0.4) is 0 Å². The summed E-state index contributed by atoms with van der Waals surface area (Å²) in [6.07, 6.45) is 2.15. The molecule has 0 saturated carbocycles. The molecule has 0 atom stereocenters. The number of thioether (sulfide) groups is 1. The summed E-state index contributed by atoms with van der Waals surface area (Å²) in [5.74, 6) is 0.485. The van der Waals surface area contributed by atoms with Crippen molar-refractivity contribution in [3.8, 4) is 6.07 Å². The summed E-state index contributed by atoms with van der Waals surface area (Å²) in [4.78, 5) is 1.18. The second kappa shape index (κ2) is 5.85. The molecule has 0 radical (unpaired) electrons. The standard InChI is InChI=1S/C17H14N2S/c18-10-11-20-17-13-19(12-14-6-2-1-3-7-14)16-9-5-4-8-15(16)17/h1-9,13H,11-12H2. The number of hydrogen-bond donors (Lipinski definition) is 0. The van der Waals surface area contributed by atoms with Crippen molar-refractivity contribution in [1.82, 2.24) is 4.57 Å². The minimum absolute atomic E-state index is 0.485. The van der Waals surface area contributed by atoms with Gasteiger partial charge in [-0.1, -0.05) is 48.5 Å². The molecule has 0 fully saturated rings. The first-order chi connectivity index (χ1) is 9.88. The lowest BCUT2D eigenvalue weighted by Crippen LogP contribution is -1.97. The van der Waals surface area contributed by atoms with Crippen molar-refractivity contribution in [2.24, 2.45) is 0 Å². The summed E-state index contributed by atoms with van der Waals surface area (Å²) < 4.78 is 2.25. The Morgan fingerprint density at radius 1 is 1.00 bits per heavy atom. The van der Waals surface area contributed by atoms with Crippen LogP contribution in [0.2, 0.25) is 0 Å². The summed E-state index contributed by atoms with van der Waals surface area (Å²) in [5, 5.41) is 9.99. The first-order valence-corrected chi connectivity index (χ1v) is 7.48. The maximum atomic E-state index is 8.76. The number of para-hydroxylation sites is 1. The van der Waals surface area contributed by atoms with E-state index in [0.29, 0.717) is 5.75 Å². The molecule has 0 bridgehead atoms. The summed E-state index contributed by atoms with van der Waals surface area (Å²) in [7, 11) is 0. The molecular weight excluding hydrogens is 264 g/mol. The fraction of sp³-hybridized carbons (Fsp3) is 0.118. The third-order valence-electron chi connectivity index (χ3n) is 3.24. The van der Waals surface area contributed by atoms with Crippen molar-refractivity contribution >= 4 is 22.7 Å². The van der Waals surface area contributed by atoms with Crippen molar-refractivity contribution < 1.29 is 0 Å². The minimum atomic E-state index is 0.485. The van der Waals surface area contributed by atoms with Crippen molar-refractivity contribution in [2.75, 3.05) is 5.75 Å². The van der Waals surface area contributed by atoms with Gasteiger partial charge in [0, 0.05) is 28.5 Å². The molecule has 98 valence electrons. The molecule has 0 saturated heterocycles. The minimum Gasteiger partial charge on any atom is -0.342 e. The Morgan fingerprint density at radius 3 is 2.55 bits per heavy atom. The average molecular weight is 278 g/mol. The first kappa shape index (κ1) is 12.8. The van der Waals surface area contributed by atoms with Gasteiger partial charge in [-0.25, -0.2) is 0 Å². The highest BCUT2D eigenvalue weighted by Gasteiger charge is 2.08. The smallest absolute Gasteiger partial charge is 0.0856 e. The summed E-state index contributed by atoms with van der Waals surface area (Å²) in [6, 6.07) is 21.0. The molecule has 2 nitrogen and oxygen atoms in total. The molecule has 3 aromatic rings. The Bertz CT molecular complexity index is 754. The van der Waals surface area contributed by atoms with Crippen LogP contribution in [0.4, 0.5) is 0 Å². The van der Waals surface area contributed by atoms with Crippen molar-refractivity contribution in [1.29, 1.82) is 5.26 Å². The largest absolute Gasteiger partial charge is 0.342 e. The molecule has 0 unspecified atom stereocenters. The maximum absolute atomic E-state index is 8.76. The van der Waals surface area contributed by atoms with Gasteiger partial charge in [0.15, 0.2) is 0 Å². The summed E-state index contributed by atoms with van der Waals surface area (Å²) in [5.41, 5.74) is 2.50. The molecule has 0 N–H and O–H groups in total. The molecule has 3 rings (SSSR count). The summed E-state index contributed by atoms with van der Waals surface area (Å²) in [6.45, 7) is 0.856. The molecule has 0 aliphatic heterocycles. The molecule has 3 heteroatoms. The van der Waals surface area contributed by atoms with Crippen LogP contribution in [0.5, 0.6) is 0 Å². The highest BCUT2D eigenvalue weighted by atomic mass is 32.2. The van der Waals surface area contributed by atoms with E-state index in [1.165, 1.54) is 21.4 Å². The number of nitrogens with zero attached hydrogens (tertiary/aromatic N) is 2. The van der Waals surface area contributed by atoms with E-state index in [1.807, 2.05) is 12.1 Å². The maximum Gasteiger partial charge on any atom is 0.0856 e. The third kappa shape index (κ3) is 2.56. The zero-order chi connectivity index (χ0) is 13.8. The number of rotatable bonds is 4. The normalized spacial score (nSPS) is 10.6. The number of benzene rings is 2. The Morgan fingerprint density at radius 2 is 1.75 bits per heavy atom. The van der Waals surface area contributed by atoms with E-state index in [4.69, 9.17) is 5.26 Å². The van der Waals surface area contributed by atoms with Crippen molar-refractivity contribution in [3.63, 3.8) is 0 Å². The van der Waals surface area contributed by atoms with Crippen LogP contribution in [0.15, 0.2) is 65.7 Å². The second-order valence-corrected chi connectivity index (χ2v) is 5.59. The van der Waals surface area contributed by atoms with Gasteiger partial charge in [-0.05, 0) is 11.6 Å². The van der Waals surface area contributed by atoms with Crippen LogP contribution in [0, 0.1) is 11.3 Å². The van der Waals surface area contributed by atoms with Crippen LogP contribution in [0.25, 0.3) is 10.9 Å². The Balaban J connectivity index is 2.00. The lowest BCUT2D eigenvalue weighted by molar-refractivity contribution is 0.830. The van der Waals surface area contributed by atoms with Crippen LogP contribution in [-0.4, -0.2) is 10.3 Å². The van der Waals surface area contributed by atoms with Gasteiger partial charge in [0.25, 0.3) is 0 Å². The van der Waals surface area contributed by atoms with Gasteiger partial charge >= 0.3 is 0 Å². The van der Waals surface area contributed by atoms with E-state index < -0.39 is 0 Å². The van der Waals surface area contributed by atoms with Gasteiger partial charge in [0.1, 0.15) is 0 Å². The number of aromatic nitrogens is 1. The van der Waals surface area contributed by atoms with Gasteiger partial charge in [-0.3, -0.25) is 0 Å². The lowest BCUT2D eigenvalue weighted by Gasteiger charge is -2.05. The summed E-state index contributed by atoms with van der Waals surface area (Å²) >= 11 is 1.60. The van der Waals surface area contributed by atoms with Crippen LogP contribution in [0.1, 0.15) is 5.56 Å². The van der Waals surface area contributed by atoms with Crippen LogP contribution in [-0.2, 0) is 6.54 Å². The zero-order valence-electron chi connectivity index (χ0n) is 11.0. The van der Waals surface area contributed by atoms with E-state index in [-0.39, 0.29) is 0 Å². The van der Waals surface area contributed by atoms with Crippen LogP contribution < -0.4 is 0 Å².